The van der Waals surface area contributed by atoms with Crippen molar-refractivity contribution in [3.8, 4) is 0 Å². The van der Waals surface area contributed by atoms with Crippen molar-refractivity contribution in [3.63, 3.8) is 0 Å². The number of hydrazine groups is 1. The monoisotopic (exact) mass is 299 g/mol. The summed E-state index contributed by atoms with van der Waals surface area (Å²) in [6.07, 6.45) is 1.04. The summed E-state index contributed by atoms with van der Waals surface area (Å²) < 4.78 is 0. The third-order valence-corrected chi connectivity index (χ3v) is 3.52. The zero-order valence-electron chi connectivity index (χ0n) is 12.7. The molecule has 0 aliphatic rings. The van der Waals surface area contributed by atoms with Gasteiger partial charge in [-0.05, 0) is 61.8 Å². The Labute approximate surface area is 131 Å². The molecule has 2 aromatic rings. The van der Waals surface area contributed by atoms with Crippen LogP contribution in [-0.2, 0) is 6.42 Å². The van der Waals surface area contributed by atoms with Crippen LogP contribution in [-0.4, -0.2) is 5.11 Å². The van der Waals surface area contributed by atoms with Crippen LogP contribution in [0.15, 0.2) is 42.5 Å². The van der Waals surface area contributed by atoms with Crippen molar-refractivity contribution in [2.24, 2.45) is 0 Å². The SMILES string of the molecule is CCc1ccc(NC(=S)NNc2ccc(C)cc2C)cc1. The number of rotatable bonds is 4. The van der Waals surface area contributed by atoms with Crippen LogP contribution in [0.4, 0.5) is 11.4 Å². The molecule has 0 atom stereocenters. The van der Waals surface area contributed by atoms with E-state index in [4.69, 9.17) is 12.2 Å². The lowest BCUT2D eigenvalue weighted by Crippen LogP contribution is -2.33. The largest absolute Gasteiger partial charge is 0.331 e. The molecule has 110 valence electrons. The minimum absolute atomic E-state index is 0.541. The Bertz CT molecular complexity index is 620. The lowest BCUT2D eigenvalue weighted by atomic mass is 10.1. The number of thiocarbonyl (C=S) groups is 1. The van der Waals surface area contributed by atoms with Gasteiger partial charge < -0.3 is 5.32 Å². The van der Waals surface area contributed by atoms with Crippen molar-refractivity contribution in [1.82, 2.24) is 5.43 Å². The number of nitrogens with one attached hydrogen (secondary N) is 3. The van der Waals surface area contributed by atoms with E-state index in [1.807, 2.05) is 18.2 Å². The number of hydrogen-bond donors (Lipinski definition) is 3. The van der Waals surface area contributed by atoms with Crippen LogP contribution in [0.1, 0.15) is 23.6 Å². The van der Waals surface area contributed by atoms with Crippen molar-refractivity contribution in [2.75, 3.05) is 10.7 Å². The van der Waals surface area contributed by atoms with E-state index in [0.29, 0.717) is 5.11 Å². The Morgan fingerprint density at radius 3 is 2.38 bits per heavy atom. The zero-order valence-corrected chi connectivity index (χ0v) is 13.5. The van der Waals surface area contributed by atoms with Crippen LogP contribution in [0, 0.1) is 13.8 Å². The first kappa shape index (κ1) is 15.3. The summed E-state index contributed by atoms with van der Waals surface area (Å²) in [6, 6.07) is 14.5. The van der Waals surface area contributed by atoms with Gasteiger partial charge in [0.25, 0.3) is 0 Å². The zero-order chi connectivity index (χ0) is 15.2. The molecule has 0 saturated heterocycles. The first-order valence-electron chi connectivity index (χ1n) is 7.07. The number of benzene rings is 2. The van der Waals surface area contributed by atoms with Crippen LogP contribution in [0.2, 0.25) is 0 Å². The third-order valence-electron chi connectivity index (χ3n) is 3.31. The summed E-state index contributed by atoms with van der Waals surface area (Å²) in [5, 5.41) is 3.69. The van der Waals surface area contributed by atoms with Gasteiger partial charge in [0.2, 0.25) is 0 Å². The van der Waals surface area contributed by atoms with Crippen LogP contribution < -0.4 is 16.2 Å². The van der Waals surface area contributed by atoms with Gasteiger partial charge in [-0.1, -0.05) is 36.8 Å². The van der Waals surface area contributed by atoms with Gasteiger partial charge in [-0.3, -0.25) is 10.9 Å². The Morgan fingerprint density at radius 1 is 1.05 bits per heavy atom. The van der Waals surface area contributed by atoms with Crippen molar-refractivity contribution >= 4 is 28.7 Å². The summed E-state index contributed by atoms with van der Waals surface area (Å²) in [4.78, 5) is 0. The highest BCUT2D eigenvalue weighted by Gasteiger charge is 2.00. The first-order chi connectivity index (χ1) is 10.1. The van der Waals surface area contributed by atoms with Crippen molar-refractivity contribution in [2.45, 2.75) is 27.2 Å². The number of aryl methyl sites for hydroxylation is 3. The Kier molecular flexibility index (Phi) is 5.17. The van der Waals surface area contributed by atoms with Crippen molar-refractivity contribution in [3.05, 3.63) is 59.2 Å². The molecule has 0 amide bonds. The fourth-order valence-electron chi connectivity index (χ4n) is 2.06. The highest BCUT2D eigenvalue weighted by atomic mass is 32.1. The molecule has 2 aromatic carbocycles. The molecule has 0 heterocycles. The van der Waals surface area contributed by atoms with Crippen LogP contribution in [0.5, 0.6) is 0 Å². The maximum Gasteiger partial charge on any atom is 0.189 e. The molecule has 0 aliphatic heterocycles. The van der Waals surface area contributed by atoms with Gasteiger partial charge in [0, 0.05) is 5.69 Å². The van der Waals surface area contributed by atoms with Gasteiger partial charge in [0.15, 0.2) is 5.11 Å². The Balaban J connectivity index is 1.89. The number of anilines is 2. The summed E-state index contributed by atoms with van der Waals surface area (Å²) in [5.41, 5.74) is 11.9. The Morgan fingerprint density at radius 2 is 1.76 bits per heavy atom. The first-order valence-corrected chi connectivity index (χ1v) is 7.48. The standard InChI is InChI=1S/C17H21N3S/c1-4-14-6-8-15(9-7-14)18-17(21)20-19-16-10-5-12(2)11-13(16)3/h5-11,19H,4H2,1-3H3,(H2,18,20,21). The van der Waals surface area contributed by atoms with E-state index in [9.17, 15) is 0 Å². The second kappa shape index (κ2) is 7.09. The van der Waals surface area contributed by atoms with Crippen LogP contribution >= 0.6 is 12.2 Å². The minimum Gasteiger partial charge on any atom is -0.331 e. The lowest BCUT2D eigenvalue weighted by Gasteiger charge is -2.14. The molecule has 0 unspecified atom stereocenters. The minimum atomic E-state index is 0.541. The van der Waals surface area contributed by atoms with Gasteiger partial charge in [0.1, 0.15) is 0 Å². The molecule has 3 nitrogen and oxygen atoms in total. The Hall–Kier alpha value is -2.07. The molecule has 2 rings (SSSR count). The lowest BCUT2D eigenvalue weighted by molar-refractivity contribution is 1.12. The molecule has 0 saturated carbocycles. The molecule has 3 N–H and O–H groups in total. The van der Waals surface area contributed by atoms with Crippen molar-refractivity contribution in [1.29, 1.82) is 0 Å². The van der Waals surface area contributed by atoms with E-state index in [0.717, 1.165) is 17.8 Å². The molecule has 0 radical (unpaired) electrons. The van der Waals surface area contributed by atoms with Crippen LogP contribution in [0.3, 0.4) is 0 Å². The topological polar surface area (TPSA) is 36.1 Å². The summed E-state index contributed by atoms with van der Waals surface area (Å²) in [5.74, 6) is 0. The smallest absolute Gasteiger partial charge is 0.189 e. The molecule has 21 heavy (non-hydrogen) atoms. The normalized spacial score (nSPS) is 10.0. The van der Waals surface area contributed by atoms with Gasteiger partial charge in [-0.15, -0.1) is 0 Å². The summed E-state index contributed by atoms with van der Waals surface area (Å²) in [7, 11) is 0. The highest BCUT2D eigenvalue weighted by Crippen LogP contribution is 2.15. The molecule has 4 heteroatoms. The van der Waals surface area contributed by atoms with Gasteiger partial charge >= 0.3 is 0 Å². The summed E-state index contributed by atoms with van der Waals surface area (Å²) in [6.45, 7) is 6.29. The van der Waals surface area contributed by atoms with E-state index in [-0.39, 0.29) is 0 Å². The molecule has 0 aliphatic carbocycles. The average molecular weight is 299 g/mol. The molecule has 0 bridgehead atoms. The predicted molar refractivity (Wildman–Crippen MR) is 94.7 cm³/mol. The maximum atomic E-state index is 5.28. The fourth-order valence-corrected chi connectivity index (χ4v) is 2.23. The molecular weight excluding hydrogens is 278 g/mol. The van der Waals surface area contributed by atoms with E-state index < -0.39 is 0 Å². The maximum absolute atomic E-state index is 5.28. The van der Waals surface area contributed by atoms with Gasteiger partial charge in [0.05, 0.1) is 5.69 Å². The fraction of sp³-hybridized carbons (Fsp3) is 0.235. The molecule has 0 spiro atoms. The number of hydrogen-bond acceptors (Lipinski definition) is 2. The summed E-state index contributed by atoms with van der Waals surface area (Å²) >= 11 is 5.28. The van der Waals surface area contributed by atoms with E-state index >= 15 is 0 Å². The van der Waals surface area contributed by atoms with Crippen molar-refractivity contribution < 1.29 is 0 Å². The van der Waals surface area contributed by atoms with E-state index in [2.05, 4.69) is 61.2 Å². The second-order valence-electron chi connectivity index (χ2n) is 5.07. The molecule has 0 fully saturated rings. The van der Waals surface area contributed by atoms with Gasteiger partial charge in [-0.25, -0.2) is 0 Å². The quantitative estimate of drug-likeness (QED) is 0.585. The highest BCUT2D eigenvalue weighted by molar-refractivity contribution is 7.80. The predicted octanol–water partition coefficient (Wildman–Crippen LogP) is 4.18. The van der Waals surface area contributed by atoms with Gasteiger partial charge in [-0.2, -0.15) is 0 Å². The average Bonchev–Trinajstić information content (AvgIpc) is 2.47. The molecular formula is C17H21N3S. The third kappa shape index (κ3) is 4.46. The van der Waals surface area contributed by atoms with E-state index in [1.165, 1.54) is 16.7 Å². The second-order valence-corrected chi connectivity index (χ2v) is 5.48. The van der Waals surface area contributed by atoms with E-state index in [1.54, 1.807) is 0 Å². The van der Waals surface area contributed by atoms with Crippen LogP contribution in [0.25, 0.3) is 0 Å². The molecule has 0 aromatic heterocycles.